The summed E-state index contributed by atoms with van der Waals surface area (Å²) in [4.78, 5) is 11.7. The quantitative estimate of drug-likeness (QED) is 0.748. The smallest absolute Gasteiger partial charge is 0.248 e. The van der Waals surface area contributed by atoms with Gasteiger partial charge in [-0.2, -0.15) is 0 Å². The van der Waals surface area contributed by atoms with Gasteiger partial charge in [-0.15, -0.1) is 0 Å². The van der Waals surface area contributed by atoms with Crippen molar-refractivity contribution in [2.45, 2.75) is 50.2 Å². The van der Waals surface area contributed by atoms with Gasteiger partial charge in [0.25, 0.3) is 0 Å². The molecule has 3 nitrogen and oxygen atoms in total. The molecule has 92 valence electrons. The van der Waals surface area contributed by atoms with Crippen molar-refractivity contribution in [1.29, 1.82) is 0 Å². The molecule has 1 aliphatic heterocycles. The standard InChI is InChI=1S/C11H17F2NO2/c1-10(6-16-10)9(15)8(14)4-7-2-3-11(12,13)5-7/h7-8H,2-6,14H2,1H3/t7?,8-,10?/m0/s1. The summed E-state index contributed by atoms with van der Waals surface area (Å²) in [6.45, 7) is 2.10. The summed E-state index contributed by atoms with van der Waals surface area (Å²) in [5, 5.41) is 0. The number of carbonyl (C=O) groups excluding carboxylic acids is 1. The van der Waals surface area contributed by atoms with Gasteiger partial charge in [-0.05, 0) is 25.7 Å². The largest absolute Gasteiger partial charge is 0.362 e. The van der Waals surface area contributed by atoms with E-state index < -0.39 is 17.6 Å². The second-order valence-corrected chi connectivity index (χ2v) is 5.19. The third kappa shape index (κ3) is 2.40. The summed E-state index contributed by atoms with van der Waals surface area (Å²) in [7, 11) is 0. The Kier molecular flexibility index (Phi) is 2.78. The molecule has 0 bridgehead atoms. The Hall–Kier alpha value is -0.550. The summed E-state index contributed by atoms with van der Waals surface area (Å²) in [5.41, 5.74) is 5.00. The Bertz CT molecular complexity index is 302. The van der Waals surface area contributed by atoms with Gasteiger partial charge in [0, 0.05) is 12.8 Å². The average molecular weight is 233 g/mol. The molecule has 0 aromatic heterocycles. The van der Waals surface area contributed by atoms with Gasteiger partial charge in [-0.25, -0.2) is 8.78 Å². The third-order valence-electron chi connectivity index (χ3n) is 3.53. The van der Waals surface area contributed by atoms with Crippen molar-refractivity contribution in [2.75, 3.05) is 6.61 Å². The van der Waals surface area contributed by atoms with Crippen LogP contribution in [0.2, 0.25) is 0 Å². The molecule has 2 aliphatic rings. The predicted molar refractivity (Wildman–Crippen MR) is 54.2 cm³/mol. The number of carbonyl (C=O) groups is 1. The minimum absolute atomic E-state index is 0.0770. The summed E-state index contributed by atoms with van der Waals surface area (Å²) >= 11 is 0. The number of hydrogen-bond acceptors (Lipinski definition) is 3. The molecule has 2 fully saturated rings. The zero-order chi connectivity index (χ0) is 12.0. The Labute approximate surface area is 93.3 Å². The number of nitrogens with two attached hydrogens (primary N) is 1. The Balaban J connectivity index is 1.84. The Morgan fingerprint density at radius 3 is 2.69 bits per heavy atom. The van der Waals surface area contributed by atoms with E-state index in [1.165, 1.54) is 0 Å². The number of epoxide rings is 1. The molecule has 0 spiro atoms. The van der Waals surface area contributed by atoms with Gasteiger partial charge in [0.2, 0.25) is 5.92 Å². The van der Waals surface area contributed by atoms with Crippen LogP contribution in [0.25, 0.3) is 0 Å². The minimum atomic E-state index is -2.56. The topological polar surface area (TPSA) is 55.6 Å². The number of hydrogen-bond donors (Lipinski definition) is 1. The lowest BCUT2D eigenvalue weighted by molar-refractivity contribution is -0.125. The van der Waals surface area contributed by atoms with Crippen LogP contribution < -0.4 is 5.73 Å². The molecule has 2 rings (SSSR count). The van der Waals surface area contributed by atoms with Crippen LogP contribution in [0, 0.1) is 5.92 Å². The van der Waals surface area contributed by atoms with Gasteiger partial charge in [-0.1, -0.05) is 0 Å². The summed E-state index contributed by atoms with van der Waals surface area (Å²) < 4.78 is 30.9. The van der Waals surface area contributed by atoms with Crippen LogP contribution in [0.1, 0.15) is 32.6 Å². The number of alkyl halides is 2. The van der Waals surface area contributed by atoms with Crippen molar-refractivity contribution in [3.8, 4) is 0 Å². The van der Waals surface area contributed by atoms with Crippen LogP contribution in [-0.4, -0.2) is 30.0 Å². The maximum atomic E-state index is 12.9. The van der Waals surface area contributed by atoms with Gasteiger partial charge >= 0.3 is 0 Å². The molecule has 1 saturated heterocycles. The molecular formula is C11H17F2NO2. The zero-order valence-corrected chi connectivity index (χ0v) is 9.34. The first-order valence-corrected chi connectivity index (χ1v) is 5.64. The summed E-state index contributed by atoms with van der Waals surface area (Å²) in [6.07, 6.45) is 0.608. The van der Waals surface area contributed by atoms with Crippen LogP contribution in [0.15, 0.2) is 0 Å². The highest BCUT2D eigenvalue weighted by atomic mass is 19.3. The first-order valence-electron chi connectivity index (χ1n) is 5.64. The molecule has 2 N–H and O–H groups in total. The van der Waals surface area contributed by atoms with Gasteiger partial charge in [-0.3, -0.25) is 4.79 Å². The number of ether oxygens (including phenoxy) is 1. The lowest BCUT2D eigenvalue weighted by atomic mass is 9.91. The summed E-state index contributed by atoms with van der Waals surface area (Å²) in [5.74, 6) is -2.84. The van der Waals surface area contributed by atoms with Crippen molar-refractivity contribution in [1.82, 2.24) is 0 Å². The highest BCUT2D eigenvalue weighted by Crippen LogP contribution is 2.41. The number of Topliss-reactive ketones (excluding diaryl/α,β-unsaturated/α-hetero) is 1. The molecule has 16 heavy (non-hydrogen) atoms. The van der Waals surface area contributed by atoms with E-state index in [1.807, 2.05) is 0 Å². The van der Waals surface area contributed by atoms with Crippen LogP contribution >= 0.6 is 0 Å². The lowest BCUT2D eigenvalue weighted by Gasteiger charge is -2.17. The van der Waals surface area contributed by atoms with E-state index in [0.717, 1.165) is 0 Å². The van der Waals surface area contributed by atoms with Gasteiger partial charge in [0.15, 0.2) is 5.78 Å². The first-order chi connectivity index (χ1) is 7.32. The van der Waals surface area contributed by atoms with Crippen LogP contribution in [0.5, 0.6) is 0 Å². The molecule has 3 atom stereocenters. The molecule has 0 amide bonds. The van der Waals surface area contributed by atoms with E-state index in [2.05, 4.69) is 0 Å². The van der Waals surface area contributed by atoms with Gasteiger partial charge < -0.3 is 10.5 Å². The van der Waals surface area contributed by atoms with Crippen LogP contribution in [-0.2, 0) is 9.53 Å². The second-order valence-electron chi connectivity index (χ2n) is 5.19. The highest BCUT2D eigenvalue weighted by Gasteiger charge is 2.50. The monoisotopic (exact) mass is 233 g/mol. The fourth-order valence-electron chi connectivity index (χ4n) is 2.35. The molecular weight excluding hydrogens is 216 g/mol. The molecule has 0 aromatic rings. The van der Waals surface area contributed by atoms with Crippen molar-refractivity contribution in [3.63, 3.8) is 0 Å². The third-order valence-corrected chi connectivity index (χ3v) is 3.53. The maximum Gasteiger partial charge on any atom is 0.248 e. The maximum absolute atomic E-state index is 12.9. The van der Waals surface area contributed by atoms with Gasteiger partial charge in [0.1, 0.15) is 5.60 Å². The van der Waals surface area contributed by atoms with Crippen molar-refractivity contribution in [3.05, 3.63) is 0 Å². The van der Waals surface area contributed by atoms with Crippen molar-refractivity contribution < 1.29 is 18.3 Å². The number of rotatable bonds is 4. The van der Waals surface area contributed by atoms with E-state index in [4.69, 9.17) is 10.5 Å². The van der Waals surface area contributed by atoms with Crippen LogP contribution in [0.3, 0.4) is 0 Å². The normalized spacial score (nSPS) is 38.4. The van der Waals surface area contributed by atoms with Crippen LogP contribution in [0.4, 0.5) is 8.78 Å². The first kappa shape index (κ1) is 11.9. The molecule has 1 heterocycles. The second kappa shape index (κ2) is 3.74. The van der Waals surface area contributed by atoms with E-state index in [1.54, 1.807) is 6.92 Å². The van der Waals surface area contributed by atoms with Crippen molar-refractivity contribution >= 4 is 5.78 Å². The van der Waals surface area contributed by atoms with Crippen molar-refractivity contribution in [2.24, 2.45) is 11.7 Å². The predicted octanol–water partition coefficient (Wildman–Crippen LogP) is 1.50. The number of halogens is 2. The van der Waals surface area contributed by atoms with E-state index >= 15 is 0 Å². The average Bonchev–Trinajstić information content (AvgIpc) is 2.84. The molecule has 0 aromatic carbocycles. The minimum Gasteiger partial charge on any atom is -0.362 e. The molecule has 0 radical (unpaired) electrons. The zero-order valence-electron chi connectivity index (χ0n) is 9.34. The molecule has 5 heteroatoms. The fraction of sp³-hybridized carbons (Fsp3) is 0.909. The van der Waals surface area contributed by atoms with E-state index in [9.17, 15) is 13.6 Å². The lowest BCUT2D eigenvalue weighted by Crippen LogP contribution is -2.40. The fourth-order valence-corrected chi connectivity index (χ4v) is 2.35. The number of ketones is 1. The van der Waals surface area contributed by atoms with E-state index in [-0.39, 0.29) is 24.5 Å². The molecule has 1 aliphatic carbocycles. The Morgan fingerprint density at radius 1 is 1.62 bits per heavy atom. The van der Waals surface area contributed by atoms with Gasteiger partial charge in [0.05, 0.1) is 12.6 Å². The SMILES string of the molecule is CC1(C(=O)[C@@H](N)CC2CCC(F)(F)C2)CO1. The molecule has 2 unspecified atom stereocenters. The molecule has 1 saturated carbocycles. The highest BCUT2D eigenvalue weighted by molar-refractivity contribution is 5.93. The van der Waals surface area contributed by atoms with E-state index in [0.29, 0.717) is 19.4 Å². The summed E-state index contributed by atoms with van der Waals surface area (Å²) in [6, 6.07) is -0.661. The Morgan fingerprint density at radius 2 is 2.25 bits per heavy atom.